The number of carbonyl (C=O) groups excluding carboxylic acids is 2. The molecule has 2 heterocycles. The number of hydrogen-bond donors (Lipinski definition) is 2. The average Bonchev–Trinajstić information content (AvgIpc) is 3.37. The molecule has 1 aliphatic carbocycles. The third kappa shape index (κ3) is 7.29. The fourth-order valence-corrected chi connectivity index (χ4v) is 4.53. The van der Waals surface area contributed by atoms with Gasteiger partial charge in [-0.15, -0.1) is 0 Å². The van der Waals surface area contributed by atoms with Crippen molar-refractivity contribution in [3.8, 4) is 0 Å². The Labute approximate surface area is 220 Å². The summed E-state index contributed by atoms with van der Waals surface area (Å²) in [7, 11) is 3.67. The van der Waals surface area contributed by atoms with E-state index in [1.54, 1.807) is 9.80 Å². The van der Waals surface area contributed by atoms with Gasteiger partial charge in [-0.3, -0.25) is 14.3 Å². The molecule has 0 radical (unpaired) electrons. The van der Waals surface area contributed by atoms with Crippen molar-refractivity contribution in [3.63, 3.8) is 0 Å². The number of rotatable bonds is 5. The van der Waals surface area contributed by atoms with Crippen molar-refractivity contribution < 1.29 is 31.5 Å². The van der Waals surface area contributed by atoms with Crippen molar-refractivity contribution >= 4 is 34.3 Å². The van der Waals surface area contributed by atoms with Crippen LogP contribution in [0.15, 0.2) is 30.5 Å². The summed E-state index contributed by atoms with van der Waals surface area (Å²) < 4.78 is 48.1. The van der Waals surface area contributed by atoms with E-state index in [-0.39, 0.29) is 35.8 Å². The molecule has 1 aromatic heterocycles. The minimum absolute atomic E-state index is 0.0471. The van der Waals surface area contributed by atoms with Crippen LogP contribution >= 0.6 is 0 Å². The number of carbonyl (C=O) groups is 2. The van der Waals surface area contributed by atoms with Crippen molar-refractivity contribution in [1.29, 1.82) is 0 Å². The van der Waals surface area contributed by atoms with Gasteiger partial charge in [0, 0.05) is 39.5 Å². The number of likely N-dealkylation sites (N-methyl/N-ethyl adjacent to an activating group) is 2. The number of Topliss-reactive ketones (excluding diaryl/α,β-unsaturated/α-hetero) is 1. The molecule has 13 heteroatoms. The molecule has 9 nitrogen and oxygen atoms in total. The van der Waals surface area contributed by atoms with Gasteiger partial charge in [-0.05, 0) is 47.9 Å². The van der Waals surface area contributed by atoms with E-state index in [0.717, 1.165) is 30.4 Å². The van der Waals surface area contributed by atoms with Crippen LogP contribution in [0.3, 0.4) is 0 Å². The Bertz CT molecular complexity index is 1270. The first-order valence-corrected chi connectivity index (χ1v) is 12.9. The van der Waals surface area contributed by atoms with Gasteiger partial charge < -0.3 is 14.6 Å². The van der Waals surface area contributed by atoms with Gasteiger partial charge in [0.1, 0.15) is 0 Å². The molecule has 2 amide bonds. The standard InChI is InChI=1S/C24H27N5O2.CHF3O2S/c1-25-22-13-26-23(27-22)21(30)12-18-10-9-17(11-20(18)16-7-5-4-6-8-16)19-14-28(2)24(31)29(3)15-19;2-1(3,4)7(5)6/h7,9-11,13,19H,4-6,8,12,14-15H2,2-3H3,(H,26,27);(H,5,6). The monoisotopic (exact) mass is 551 g/mol. The fraction of sp³-hybridized carbons (Fsp3) is 0.440. The molecule has 0 saturated carbocycles. The summed E-state index contributed by atoms with van der Waals surface area (Å²) in [4.78, 5) is 38.6. The van der Waals surface area contributed by atoms with Crippen molar-refractivity contribution in [3.05, 3.63) is 64.4 Å². The largest absolute Gasteiger partial charge is 0.496 e. The topological polar surface area (TPSA) is 111 Å². The number of allylic oxidation sites excluding steroid dienone is 2. The zero-order valence-corrected chi connectivity index (χ0v) is 21.7. The number of halogens is 3. The summed E-state index contributed by atoms with van der Waals surface area (Å²) >= 11 is -3.68. The van der Waals surface area contributed by atoms with Crippen LogP contribution in [0.1, 0.15) is 58.9 Å². The highest BCUT2D eigenvalue weighted by atomic mass is 32.2. The number of H-pyrrole nitrogens is 1. The molecule has 1 atom stereocenters. The number of aromatic nitrogens is 2. The van der Waals surface area contributed by atoms with Gasteiger partial charge in [0.05, 0.1) is 6.20 Å². The number of aromatic amines is 1. The number of imidazole rings is 1. The molecule has 0 bridgehead atoms. The summed E-state index contributed by atoms with van der Waals surface area (Å²) in [6.45, 7) is 8.43. The van der Waals surface area contributed by atoms with E-state index in [4.69, 9.17) is 15.3 Å². The number of hydrogen-bond acceptors (Lipinski definition) is 4. The molecule has 1 unspecified atom stereocenters. The molecule has 1 aliphatic heterocycles. The van der Waals surface area contributed by atoms with E-state index in [1.165, 1.54) is 23.8 Å². The number of nitrogens with zero attached hydrogens (tertiary/aromatic N) is 4. The average molecular weight is 552 g/mol. The van der Waals surface area contributed by atoms with Crippen LogP contribution in [0.5, 0.6) is 0 Å². The second-order valence-corrected chi connectivity index (χ2v) is 10.1. The highest BCUT2D eigenvalue weighted by Crippen LogP contribution is 2.33. The summed E-state index contributed by atoms with van der Waals surface area (Å²) in [5.74, 6) is 0.608. The lowest BCUT2D eigenvalue weighted by molar-refractivity contribution is -0.0446. The maximum absolute atomic E-state index is 12.8. The van der Waals surface area contributed by atoms with Crippen LogP contribution in [0, 0.1) is 6.57 Å². The second kappa shape index (κ2) is 12.4. The van der Waals surface area contributed by atoms with E-state index in [9.17, 15) is 22.8 Å². The maximum atomic E-state index is 12.8. The Morgan fingerprint density at radius 3 is 2.45 bits per heavy atom. The Kier molecular flexibility index (Phi) is 9.45. The summed E-state index contributed by atoms with van der Waals surface area (Å²) in [5, 5.41) is 0. The van der Waals surface area contributed by atoms with Gasteiger partial charge in [-0.25, -0.2) is 14.0 Å². The second-order valence-electron chi connectivity index (χ2n) is 9.16. The van der Waals surface area contributed by atoms with Crippen molar-refractivity contribution in [1.82, 2.24) is 19.8 Å². The summed E-state index contributed by atoms with van der Waals surface area (Å²) in [5.41, 5.74) is -0.371. The lowest BCUT2D eigenvalue weighted by Gasteiger charge is -2.36. The number of benzene rings is 1. The molecule has 38 heavy (non-hydrogen) atoms. The number of alkyl halides is 3. The quantitative estimate of drug-likeness (QED) is 0.303. The van der Waals surface area contributed by atoms with Gasteiger partial charge in [0.2, 0.25) is 17.4 Å². The highest BCUT2D eigenvalue weighted by Gasteiger charge is 2.36. The lowest BCUT2D eigenvalue weighted by Crippen LogP contribution is -2.48. The normalized spacial score (nSPS) is 17.3. The Balaban J connectivity index is 0.000000505. The van der Waals surface area contributed by atoms with Crippen molar-refractivity contribution in [2.24, 2.45) is 0 Å². The van der Waals surface area contributed by atoms with Crippen LogP contribution in [-0.2, 0) is 17.5 Å². The van der Waals surface area contributed by atoms with Crippen LogP contribution in [-0.4, -0.2) is 73.0 Å². The van der Waals surface area contributed by atoms with Crippen LogP contribution in [0.2, 0.25) is 0 Å². The summed E-state index contributed by atoms with van der Waals surface area (Å²) in [6.07, 6.45) is 8.34. The predicted octanol–water partition coefficient (Wildman–Crippen LogP) is 5.15. The first kappa shape index (κ1) is 29.1. The first-order chi connectivity index (χ1) is 17.9. The number of amides is 2. The highest BCUT2D eigenvalue weighted by molar-refractivity contribution is 7.80. The molecule has 204 valence electrons. The van der Waals surface area contributed by atoms with Gasteiger partial charge in [-0.1, -0.05) is 30.8 Å². The van der Waals surface area contributed by atoms with Crippen molar-refractivity contribution in [2.45, 2.75) is 43.5 Å². The molecular weight excluding hydrogens is 523 g/mol. The molecule has 2 aromatic rings. The minimum Gasteiger partial charge on any atom is -0.363 e. The van der Waals surface area contributed by atoms with Gasteiger partial charge in [0.15, 0.2) is 0 Å². The Hall–Kier alpha value is -3.50. The smallest absolute Gasteiger partial charge is 0.363 e. The third-order valence-corrected chi connectivity index (χ3v) is 6.78. The molecule has 1 fully saturated rings. The maximum Gasteiger partial charge on any atom is 0.496 e. The van der Waals surface area contributed by atoms with E-state index >= 15 is 0 Å². The Morgan fingerprint density at radius 2 is 1.92 bits per heavy atom. The fourth-order valence-electron chi connectivity index (χ4n) is 4.53. The molecule has 2 aliphatic rings. The van der Waals surface area contributed by atoms with Gasteiger partial charge >= 0.3 is 11.5 Å². The Morgan fingerprint density at radius 1 is 1.26 bits per heavy atom. The van der Waals surface area contributed by atoms with Crippen LogP contribution in [0.25, 0.3) is 10.4 Å². The van der Waals surface area contributed by atoms with E-state index in [2.05, 4.69) is 33.0 Å². The number of urea groups is 1. The number of ketones is 1. The van der Waals surface area contributed by atoms with Crippen LogP contribution < -0.4 is 0 Å². The van der Waals surface area contributed by atoms with Gasteiger partial charge in [-0.2, -0.15) is 13.2 Å². The van der Waals surface area contributed by atoms with Crippen LogP contribution in [0.4, 0.5) is 23.8 Å². The zero-order valence-electron chi connectivity index (χ0n) is 20.9. The molecule has 0 spiro atoms. The molecule has 1 aromatic carbocycles. The predicted molar refractivity (Wildman–Crippen MR) is 136 cm³/mol. The zero-order chi connectivity index (χ0) is 28.0. The third-order valence-electron chi connectivity index (χ3n) is 6.38. The van der Waals surface area contributed by atoms with Crippen molar-refractivity contribution in [2.75, 3.05) is 27.2 Å². The molecular formula is C25H28F3N5O4S. The molecule has 1 saturated heterocycles. The lowest BCUT2D eigenvalue weighted by atomic mass is 9.85. The van der Waals surface area contributed by atoms with E-state index < -0.39 is 16.6 Å². The number of nitrogens with one attached hydrogen (secondary N) is 1. The van der Waals surface area contributed by atoms with E-state index in [0.29, 0.717) is 13.1 Å². The minimum atomic E-state index is -4.97. The molecule has 2 N–H and O–H groups in total. The van der Waals surface area contributed by atoms with Gasteiger partial charge in [0.25, 0.3) is 11.1 Å². The summed E-state index contributed by atoms with van der Waals surface area (Å²) in [6, 6.07) is 6.40. The first-order valence-electron chi connectivity index (χ1n) is 11.8. The van der Waals surface area contributed by atoms with E-state index in [1.807, 2.05) is 20.2 Å². The SMILES string of the molecule is O=S(O)C(F)(F)F.[C-]#[N+]c1cnc(C(=O)Cc2ccc(C3CN(C)C(=O)N(C)C3)cc2C2=CCCCC2)[nH]1. The molecule has 4 rings (SSSR count).